The van der Waals surface area contributed by atoms with Crippen molar-refractivity contribution in [2.45, 2.75) is 25.4 Å². The molecule has 0 radical (unpaired) electrons. The van der Waals surface area contributed by atoms with Crippen molar-refractivity contribution in [2.75, 3.05) is 20.6 Å². The van der Waals surface area contributed by atoms with Gasteiger partial charge in [-0.15, -0.1) is 0 Å². The highest BCUT2D eigenvalue weighted by molar-refractivity contribution is 9.10. The van der Waals surface area contributed by atoms with E-state index in [1.54, 1.807) is 7.05 Å². The molecule has 0 saturated heterocycles. The minimum atomic E-state index is -0.00656. The summed E-state index contributed by atoms with van der Waals surface area (Å²) in [4.78, 5) is 13.5. The number of benzene rings is 1. The minimum absolute atomic E-state index is 0.00386. The maximum absolute atomic E-state index is 11.5. The van der Waals surface area contributed by atoms with Gasteiger partial charge in [-0.2, -0.15) is 0 Å². The van der Waals surface area contributed by atoms with Gasteiger partial charge in [0.2, 0.25) is 5.91 Å². The van der Waals surface area contributed by atoms with Crippen LogP contribution in [-0.2, 0) is 4.79 Å². The van der Waals surface area contributed by atoms with Crippen LogP contribution < -0.4 is 11.1 Å². The van der Waals surface area contributed by atoms with Crippen molar-refractivity contribution in [1.29, 1.82) is 0 Å². The van der Waals surface area contributed by atoms with E-state index < -0.39 is 0 Å². The molecule has 2 atom stereocenters. The minimum Gasteiger partial charge on any atom is -0.358 e. The highest BCUT2D eigenvalue weighted by Crippen LogP contribution is 2.25. The van der Waals surface area contributed by atoms with E-state index in [1.807, 2.05) is 36.2 Å². The molecule has 0 bridgehead atoms. The Bertz CT molecular complexity index is 408. The second-order valence-electron chi connectivity index (χ2n) is 4.66. The molecule has 1 aromatic rings. The normalized spacial score (nSPS) is 14.2. The summed E-state index contributed by atoms with van der Waals surface area (Å²) in [5.74, 6) is -0.00656. The first-order valence-corrected chi connectivity index (χ1v) is 7.20. The molecule has 0 aliphatic rings. The highest BCUT2D eigenvalue weighted by atomic mass is 79.9. The van der Waals surface area contributed by atoms with E-state index in [4.69, 9.17) is 5.73 Å². The van der Waals surface area contributed by atoms with Crippen LogP contribution in [0.5, 0.6) is 0 Å². The number of hydrogen-bond acceptors (Lipinski definition) is 3. The van der Waals surface area contributed by atoms with Gasteiger partial charge in [-0.05, 0) is 31.2 Å². The lowest BCUT2D eigenvalue weighted by molar-refractivity contribution is -0.122. The zero-order valence-electron chi connectivity index (χ0n) is 11.7. The van der Waals surface area contributed by atoms with Gasteiger partial charge in [-0.25, -0.2) is 0 Å². The molecule has 106 valence electrons. The first kappa shape index (κ1) is 16.1. The fraction of sp³-hybridized carbons (Fsp3) is 0.500. The third kappa shape index (κ3) is 4.60. The molecule has 0 heterocycles. The molecule has 5 heteroatoms. The zero-order valence-corrected chi connectivity index (χ0v) is 13.3. The van der Waals surface area contributed by atoms with Gasteiger partial charge in [0.05, 0.1) is 12.6 Å². The summed E-state index contributed by atoms with van der Waals surface area (Å²) in [6.07, 6.45) is 0.860. The molecule has 0 aliphatic carbocycles. The first-order chi connectivity index (χ1) is 8.99. The van der Waals surface area contributed by atoms with E-state index in [0.29, 0.717) is 6.54 Å². The fourth-order valence-corrected chi connectivity index (χ4v) is 2.38. The predicted molar refractivity (Wildman–Crippen MR) is 81.8 cm³/mol. The third-order valence-electron chi connectivity index (χ3n) is 3.24. The standard InChI is InChI=1S/C14H22BrN3O/c1-4-12(16)14(18(3)9-13(19)17-2)10-5-7-11(15)8-6-10/h5-8,12,14H,4,9,16H2,1-3H3,(H,17,19). The quantitative estimate of drug-likeness (QED) is 0.839. The molecule has 0 saturated carbocycles. The number of rotatable bonds is 6. The van der Waals surface area contributed by atoms with Crippen LogP contribution in [0.4, 0.5) is 0 Å². The van der Waals surface area contributed by atoms with Gasteiger partial charge in [0.25, 0.3) is 0 Å². The van der Waals surface area contributed by atoms with Crippen molar-refractivity contribution in [1.82, 2.24) is 10.2 Å². The highest BCUT2D eigenvalue weighted by Gasteiger charge is 2.24. The van der Waals surface area contributed by atoms with E-state index in [1.165, 1.54) is 0 Å². The predicted octanol–water partition coefficient (Wildman–Crippen LogP) is 1.91. The number of nitrogens with one attached hydrogen (secondary N) is 1. The molecule has 1 aromatic carbocycles. The van der Waals surface area contributed by atoms with Crippen molar-refractivity contribution >= 4 is 21.8 Å². The third-order valence-corrected chi connectivity index (χ3v) is 3.76. The Morgan fingerprint density at radius 1 is 1.42 bits per heavy atom. The summed E-state index contributed by atoms with van der Waals surface area (Å²) in [6, 6.07) is 8.12. The maximum Gasteiger partial charge on any atom is 0.233 e. The average molecular weight is 328 g/mol. The van der Waals surface area contributed by atoms with E-state index in [0.717, 1.165) is 16.5 Å². The Hall–Kier alpha value is -0.910. The van der Waals surface area contributed by atoms with Crippen LogP contribution in [0.15, 0.2) is 28.7 Å². The molecule has 1 amide bonds. The Kier molecular flexibility index (Phi) is 6.48. The lowest BCUT2D eigenvalue weighted by Gasteiger charge is -2.32. The average Bonchev–Trinajstić information content (AvgIpc) is 2.40. The Morgan fingerprint density at radius 2 is 2.00 bits per heavy atom. The summed E-state index contributed by atoms with van der Waals surface area (Å²) in [5, 5.41) is 2.64. The molecule has 4 nitrogen and oxygen atoms in total. The number of halogens is 1. The Balaban J connectivity index is 2.94. The van der Waals surface area contributed by atoms with Crippen molar-refractivity contribution < 1.29 is 4.79 Å². The Morgan fingerprint density at radius 3 is 2.47 bits per heavy atom. The summed E-state index contributed by atoms with van der Waals surface area (Å²) in [7, 11) is 3.57. The second-order valence-corrected chi connectivity index (χ2v) is 5.57. The molecular formula is C14H22BrN3O. The van der Waals surface area contributed by atoms with Crippen molar-refractivity contribution in [2.24, 2.45) is 5.73 Å². The maximum atomic E-state index is 11.5. The van der Waals surface area contributed by atoms with E-state index in [2.05, 4.69) is 28.2 Å². The number of likely N-dealkylation sites (N-methyl/N-ethyl adjacent to an activating group) is 2. The van der Waals surface area contributed by atoms with Crippen molar-refractivity contribution in [3.05, 3.63) is 34.3 Å². The van der Waals surface area contributed by atoms with Crippen LogP contribution in [0.1, 0.15) is 24.9 Å². The van der Waals surface area contributed by atoms with E-state index in [-0.39, 0.29) is 18.0 Å². The molecule has 2 unspecified atom stereocenters. The van der Waals surface area contributed by atoms with Crippen LogP contribution in [0.2, 0.25) is 0 Å². The van der Waals surface area contributed by atoms with Crippen LogP contribution in [0.3, 0.4) is 0 Å². The van der Waals surface area contributed by atoms with Gasteiger partial charge >= 0.3 is 0 Å². The number of carbonyl (C=O) groups is 1. The van der Waals surface area contributed by atoms with Crippen LogP contribution in [-0.4, -0.2) is 37.5 Å². The molecule has 1 rings (SSSR count). The number of nitrogens with two attached hydrogens (primary N) is 1. The molecular weight excluding hydrogens is 306 g/mol. The van der Waals surface area contributed by atoms with Crippen LogP contribution in [0, 0.1) is 0 Å². The van der Waals surface area contributed by atoms with Crippen LogP contribution in [0.25, 0.3) is 0 Å². The van der Waals surface area contributed by atoms with Crippen LogP contribution >= 0.6 is 15.9 Å². The number of amides is 1. The number of carbonyl (C=O) groups excluding carboxylic acids is 1. The molecule has 0 aliphatic heterocycles. The topological polar surface area (TPSA) is 58.4 Å². The summed E-state index contributed by atoms with van der Waals surface area (Å²) >= 11 is 3.43. The van der Waals surface area contributed by atoms with Gasteiger partial charge < -0.3 is 11.1 Å². The van der Waals surface area contributed by atoms with Crippen molar-refractivity contribution in [3.8, 4) is 0 Å². The summed E-state index contributed by atoms with van der Waals surface area (Å²) < 4.78 is 1.04. The van der Waals surface area contributed by atoms with Crippen molar-refractivity contribution in [3.63, 3.8) is 0 Å². The van der Waals surface area contributed by atoms with Gasteiger partial charge in [0.15, 0.2) is 0 Å². The van der Waals surface area contributed by atoms with Gasteiger partial charge in [-0.1, -0.05) is 35.0 Å². The van der Waals surface area contributed by atoms with E-state index in [9.17, 15) is 4.79 Å². The fourth-order valence-electron chi connectivity index (χ4n) is 2.12. The summed E-state index contributed by atoms with van der Waals surface area (Å²) in [5.41, 5.74) is 7.35. The van der Waals surface area contributed by atoms with Gasteiger partial charge in [-0.3, -0.25) is 9.69 Å². The number of nitrogens with zero attached hydrogens (tertiary/aromatic N) is 1. The molecule has 0 spiro atoms. The Labute approximate surface area is 123 Å². The smallest absolute Gasteiger partial charge is 0.233 e. The molecule has 0 fully saturated rings. The molecule has 3 N–H and O–H groups in total. The largest absolute Gasteiger partial charge is 0.358 e. The lowest BCUT2D eigenvalue weighted by atomic mass is 9.96. The summed E-state index contributed by atoms with van der Waals surface area (Å²) in [6.45, 7) is 2.40. The zero-order chi connectivity index (χ0) is 14.4. The molecule has 0 aromatic heterocycles. The first-order valence-electron chi connectivity index (χ1n) is 6.41. The second kappa shape index (κ2) is 7.62. The van der Waals surface area contributed by atoms with Gasteiger partial charge in [0.1, 0.15) is 0 Å². The van der Waals surface area contributed by atoms with Gasteiger partial charge in [0, 0.05) is 17.6 Å². The monoisotopic (exact) mass is 327 g/mol. The molecule has 19 heavy (non-hydrogen) atoms. The lowest BCUT2D eigenvalue weighted by Crippen LogP contribution is -2.43. The SMILES string of the molecule is CCC(N)C(c1ccc(Br)cc1)N(C)CC(=O)NC. The number of hydrogen-bond donors (Lipinski definition) is 2. The van der Waals surface area contributed by atoms with E-state index >= 15 is 0 Å².